The van der Waals surface area contributed by atoms with Crippen LogP contribution >= 0.6 is 11.3 Å². The Kier molecular flexibility index (Phi) is 4.04. The van der Waals surface area contributed by atoms with Crippen LogP contribution in [0.25, 0.3) is 10.2 Å². The number of hydrogen-bond donors (Lipinski definition) is 0. The highest BCUT2D eigenvalue weighted by Crippen LogP contribution is 2.32. The summed E-state index contributed by atoms with van der Waals surface area (Å²) in [5.41, 5.74) is 1.42. The van der Waals surface area contributed by atoms with E-state index in [0.717, 1.165) is 5.69 Å². The third-order valence-electron chi connectivity index (χ3n) is 4.06. The molecule has 0 fully saturated rings. The van der Waals surface area contributed by atoms with Crippen molar-refractivity contribution in [3.05, 3.63) is 65.6 Å². The normalized spacial score (nSPS) is 11.2. The molecule has 0 radical (unpaired) electrons. The minimum Gasteiger partial charge on any atom is -0.467 e. The van der Waals surface area contributed by atoms with Gasteiger partial charge in [-0.05, 0) is 37.3 Å². The van der Waals surface area contributed by atoms with Gasteiger partial charge in [-0.25, -0.2) is 9.37 Å². The number of aromatic nitrogens is 3. The van der Waals surface area contributed by atoms with E-state index in [-0.39, 0.29) is 18.0 Å². The van der Waals surface area contributed by atoms with E-state index < -0.39 is 5.82 Å². The number of rotatable bonds is 4. The highest BCUT2D eigenvalue weighted by Gasteiger charge is 2.25. The van der Waals surface area contributed by atoms with Crippen LogP contribution in [0.1, 0.15) is 21.9 Å². The largest absolute Gasteiger partial charge is 0.467 e. The summed E-state index contributed by atoms with van der Waals surface area (Å²) in [7, 11) is 1.77. The molecule has 26 heavy (non-hydrogen) atoms. The van der Waals surface area contributed by atoms with Gasteiger partial charge in [0.15, 0.2) is 10.8 Å². The summed E-state index contributed by atoms with van der Waals surface area (Å²) in [5, 5.41) is 4.65. The van der Waals surface area contributed by atoms with E-state index in [1.54, 1.807) is 48.3 Å². The first kappa shape index (κ1) is 16.5. The Morgan fingerprint density at radius 2 is 2.19 bits per heavy atom. The molecule has 1 aromatic carbocycles. The van der Waals surface area contributed by atoms with Gasteiger partial charge in [0, 0.05) is 12.7 Å². The van der Waals surface area contributed by atoms with Crippen molar-refractivity contribution < 1.29 is 13.6 Å². The fraction of sp³-hybridized carbons (Fsp3) is 0.167. The van der Waals surface area contributed by atoms with E-state index in [4.69, 9.17) is 4.42 Å². The first-order valence-electron chi connectivity index (χ1n) is 7.93. The Hall–Kier alpha value is -3.00. The molecule has 0 aliphatic heterocycles. The lowest BCUT2D eigenvalue weighted by molar-refractivity contribution is 0.0977. The molecule has 132 valence electrons. The maximum absolute atomic E-state index is 14.0. The zero-order valence-corrected chi connectivity index (χ0v) is 15.0. The van der Waals surface area contributed by atoms with Crippen LogP contribution in [0.5, 0.6) is 0 Å². The number of carbonyl (C=O) groups excluding carboxylic acids is 1. The molecule has 0 aliphatic carbocycles. The number of furan rings is 1. The van der Waals surface area contributed by atoms with Gasteiger partial charge in [0.2, 0.25) is 0 Å². The number of amides is 1. The molecule has 0 unspecified atom stereocenters. The van der Waals surface area contributed by atoms with Crippen molar-refractivity contribution >= 4 is 32.6 Å². The van der Waals surface area contributed by atoms with E-state index in [1.165, 1.54) is 22.3 Å². The predicted molar refractivity (Wildman–Crippen MR) is 96.7 cm³/mol. The fourth-order valence-corrected chi connectivity index (χ4v) is 3.58. The average Bonchev–Trinajstić information content (AvgIpc) is 3.33. The highest BCUT2D eigenvalue weighted by molar-refractivity contribution is 7.22. The van der Waals surface area contributed by atoms with Crippen molar-refractivity contribution in [1.82, 2.24) is 14.8 Å². The number of fused-ring (bicyclic) bond motifs is 1. The first-order chi connectivity index (χ1) is 12.5. The quantitative estimate of drug-likeness (QED) is 0.546. The van der Waals surface area contributed by atoms with Crippen molar-refractivity contribution in [2.45, 2.75) is 13.5 Å². The molecular weight excluding hydrogens is 355 g/mol. The smallest absolute Gasteiger partial charge is 0.280 e. The van der Waals surface area contributed by atoms with Crippen molar-refractivity contribution in [1.29, 1.82) is 0 Å². The zero-order chi connectivity index (χ0) is 18.3. The molecule has 4 aromatic rings. The van der Waals surface area contributed by atoms with Gasteiger partial charge < -0.3 is 4.42 Å². The molecule has 0 N–H and O–H groups in total. The first-order valence-corrected chi connectivity index (χ1v) is 8.74. The summed E-state index contributed by atoms with van der Waals surface area (Å²) >= 11 is 1.25. The van der Waals surface area contributed by atoms with Crippen LogP contribution < -0.4 is 4.90 Å². The number of benzene rings is 1. The van der Waals surface area contributed by atoms with Crippen LogP contribution in [0.3, 0.4) is 0 Å². The minimum atomic E-state index is -0.413. The van der Waals surface area contributed by atoms with Gasteiger partial charge in [0.1, 0.15) is 17.1 Å². The Labute approximate surface area is 152 Å². The molecule has 1 amide bonds. The summed E-state index contributed by atoms with van der Waals surface area (Å²) in [6.45, 7) is 2.05. The van der Waals surface area contributed by atoms with Crippen LogP contribution in [-0.2, 0) is 13.6 Å². The number of para-hydroxylation sites is 1. The number of anilines is 1. The number of carbonyl (C=O) groups is 1. The van der Waals surface area contributed by atoms with Crippen LogP contribution in [0.2, 0.25) is 0 Å². The third kappa shape index (κ3) is 2.88. The second-order valence-electron chi connectivity index (χ2n) is 5.85. The molecule has 0 saturated carbocycles. The Morgan fingerprint density at radius 1 is 1.35 bits per heavy atom. The van der Waals surface area contributed by atoms with Crippen LogP contribution in [0.15, 0.2) is 47.1 Å². The van der Waals surface area contributed by atoms with Gasteiger partial charge in [0.05, 0.1) is 17.5 Å². The van der Waals surface area contributed by atoms with Gasteiger partial charge in [-0.1, -0.05) is 17.4 Å². The summed E-state index contributed by atoms with van der Waals surface area (Å²) in [6.07, 6.45) is 1.54. The summed E-state index contributed by atoms with van der Waals surface area (Å²) in [5.74, 6) is -0.126. The van der Waals surface area contributed by atoms with E-state index in [2.05, 4.69) is 10.1 Å². The van der Waals surface area contributed by atoms with Gasteiger partial charge in [0.25, 0.3) is 5.91 Å². The molecule has 0 spiro atoms. The molecule has 0 aliphatic rings. The molecular formula is C18H15FN4O2S. The van der Waals surface area contributed by atoms with Gasteiger partial charge in [-0.15, -0.1) is 0 Å². The fourth-order valence-electron chi connectivity index (χ4n) is 2.61. The molecule has 0 saturated heterocycles. The van der Waals surface area contributed by atoms with Gasteiger partial charge in [-0.3, -0.25) is 14.4 Å². The summed E-state index contributed by atoms with van der Waals surface area (Å²) in [6, 6.07) is 10.00. The van der Waals surface area contributed by atoms with Crippen LogP contribution in [0, 0.1) is 12.7 Å². The Bertz CT molecular complexity index is 1060. The second kappa shape index (κ2) is 6.38. The number of hydrogen-bond acceptors (Lipinski definition) is 5. The van der Waals surface area contributed by atoms with Crippen molar-refractivity contribution in [3.63, 3.8) is 0 Å². The lowest BCUT2D eigenvalue weighted by atomic mass is 10.3. The molecule has 8 heteroatoms. The SMILES string of the molecule is Cc1cc(C(=O)N(Cc2ccco2)c2nc3c(F)cccc3s2)nn1C. The second-order valence-corrected chi connectivity index (χ2v) is 6.86. The van der Waals surface area contributed by atoms with Crippen molar-refractivity contribution in [2.75, 3.05) is 4.90 Å². The minimum absolute atomic E-state index is 0.183. The zero-order valence-electron chi connectivity index (χ0n) is 14.1. The number of aryl methyl sites for hydroxylation is 2. The van der Waals surface area contributed by atoms with E-state index in [0.29, 0.717) is 21.3 Å². The molecule has 6 nitrogen and oxygen atoms in total. The number of nitrogens with zero attached hydrogens (tertiary/aromatic N) is 4. The maximum atomic E-state index is 14.0. The summed E-state index contributed by atoms with van der Waals surface area (Å²) in [4.78, 5) is 18.9. The summed E-state index contributed by atoms with van der Waals surface area (Å²) < 4.78 is 21.7. The molecule has 0 bridgehead atoms. The van der Waals surface area contributed by atoms with E-state index >= 15 is 0 Å². The van der Waals surface area contributed by atoms with Crippen LogP contribution in [-0.4, -0.2) is 20.7 Å². The topological polar surface area (TPSA) is 64.2 Å². The predicted octanol–water partition coefficient (Wildman–Crippen LogP) is 3.92. The maximum Gasteiger partial charge on any atom is 0.280 e. The van der Waals surface area contributed by atoms with Crippen molar-refractivity contribution in [3.8, 4) is 0 Å². The lowest BCUT2D eigenvalue weighted by Crippen LogP contribution is -2.30. The third-order valence-corrected chi connectivity index (χ3v) is 5.11. The monoisotopic (exact) mass is 370 g/mol. The molecule has 3 aromatic heterocycles. The number of thiazole rings is 1. The lowest BCUT2D eigenvalue weighted by Gasteiger charge is -2.17. The van der Waals surface area contributed by atoms with Crippen LogP contribution in [0.4, 0.5) is 9.52 Å². The van der Waals surface area contributed by atoms with Gasteiger partial charge in [-0.2, -0.15) is 5.10 Å². The standard InChI is InChI=1S/C18H15FN4O2S/c1-11-9-14(21-22(11)2)17(24)23(10-12-5-4-8-25-12)18-20-16-13(19)6-3-7-15(16)26-18/h3-9H,10H2,1-2H3. The Balaban J connectivity index is 1.78. The highest BCUT2D eigenvalue weighted by atomic mass is 32.1. The molecule has 0 atom stereocenters. The molecule has 3 heterocycles. The average molecular weight is 370 g/mol. The Morgan fingerprint density at radius 3 is 2.85 bits per heavy atom. The van der Waals surface area contributed by atoms with Crippen molar-refractivity contribution in [2.24, 2.45) is 7.05 Å². The van der Waals surface area contributed by atoms with E-state index in [9.17, 15) is 9.18 Å². The van der Waals surface area contributed by atoms with E-state index in [1.807, 2.05) is 6.92 Å². The van der Waals surface area contributed by atoms with Gasteiger partial charge >= 0.3 is 0 Å². The molecule has 4 rings (SSSR count). The number of halogens is 1.